The number of carbonyl (C=O) groups is 1. The van der Waals surface area contributed by atoms with Crippen LogP contribution in [-0.2, 0) is 0 Å². The summed E-state index contributed by atoms with van der Waals surface area (Å²) in [6, 6.07) is 1.89. The van der Waals surface area contributed by atoms with Crippen molar-refractivity contribution in [2.75, 3.05) is 17.2 Å². The van der Waals surface area contributed by atoms with Crippen LogP contribution in [0.2, 0.25) is 0 Å². The summed E-state index contributed by atoms with van der Waals surface area (Å²) in [5.41, 5.74) is 6.42. The quantitative estimate of drug-likeness (QED) is 0.872. The van der Waals surface area contributed by atoms with Crippen molar-refractivity contribution in [2.45, 2.75) is 45.1 Å². The van der Waals surface area contributed by atoms with Crippen LogP contribution in [0.25, 0.3) is 0 Å². The summed E-state index contributed by atoms with van der Waals surface area (Å²) in [5, 5.41) is 9.13. The molecule has 104 valence electrons. The fraction of sp³-hybridized carbons (Fsp3) is 0.571. The number of anilines is 2. The second-order valence-corrected chi connectivity index (χ2v) is 5.03. The Morgan fingerprint density at radius 2 is 2.37 bits per heavy atom. The highest BCUT2D eigenvalue weighted by Crippen LogP contribution is 2.31. The van der Waals surface area contributed by atoms with E-state index in [-0.39, 0.29) is 11.3 Å². The smallest absolute Gasteiger partial charge is 0.337 e. The topological polar surface area (TPSA) is 79.5 Å². The maximum absolute atomic E-state index is 11.1. The van der Waals surface area contributed by atoms with Crippen molar-refractivity contribution in [2.24, 2.45) is 0 Å². The van der Waals surface area contributed by atoms with Crippen molar-refractivity contribution < 1.29 is 9.90 Å². The molecule has 2 heterocycles. The van der Waals surface area contributed by atoms with E-state index in [1.807, 2.05) is 0 Å². The predicted molar refractivity (Wildman–Crippen MR) is 75.5 cm³/mol. The van der Waals surface area contributed by atoms with Crippen LogP contribution in [0.4, 0.5) is 11.5 Å². The number of hydrogen-bond donors (Lipinski definition) is 2. The summed E-state index contributed by atoms with van der Waals surface area (Å²) in [7, 11) is 0. The average Bonchev–Trinajstić information content (AvgIpc) is 2.40. The second kappa shape index (κ2) is 5.91. The monoisotopic (exact) mass is 263 g/mol. The normalized spacial score (nSPS) is 19.4. The van der Waals surface area contributed by atoms with Crippen molar-refractivity contribution in [1.82, 2.24) is 4.98 Å². The minimum absolute atomic E-state index is 0.144. The van der Waals surface area contributed by atoms with E-state index in [1.165, 1.54) is 18.7 Å². The molecule has 1 fully saturated rings. The Balaban J connectivity index is 2.33. The van der Waals surface area contributed by atoms with Gasteiger partial charge in [-0.3, -0.25) is 0 Å². The molecule has 1 aromatic rings. The third-order valence-corrected chi connectivity index (χ3v) is 3.72. The Morgan fingerprint density at radius 1 is 1.58 bits per heavy atom. The molecule has 0 amide bonds. The maximum Gasteiger partial charge on any atom is 0.337 e. The van der Waals surface area contributed by atoms with Gasteiger partial charge in [-0.05, 0) is 31.7 Å². The molecule has 1 unspecified atom stereocenters. The molecular weight excluding hydrogens is 242 g/mol. The molecule has 0 bridgehead atoms. The molecule has 1 saturated heterocycles. The number of piperidine rings is 1. The molecule has 0 aromatic carbocycles. The number of nitrogen functional groups attached to an aromatic ring is 1. The van der Waals surface area contributed by atoms with Crippen LogP contribution < -0.4 is 10.6 Å². The van der Waals surface area contributed by atoms with Gasteiger partial charge in [0.05, 0.1) is 11.3 Å². The standard InChI is InChI=1S/C14H21N3O2/c1-2-5-10-6-3-4-9-17(10)13-12(15)11(14(18)19)7-8-16-13/h7-8,10H,2-6,9,15H2,1H3,(H,18,19). The van der Waals surface area contributed by atoms with Gasteiger partial charge in [0.25, 0.3) is 0 Å². The van der Waals surface area contributed by atoms with Gasteiger partial charge in [-0.2, -0.15) is 0 Å². The fourth-order valence-electron chi connectivity index (χ4n) is 2.79. The molecule has 2 rings (SSSR count). The van der Waals surface area contributed by atoms with Gasteiger partial charge < -0.3 is 15.7 Å². The molecule has 1 aromatic heterocycles. The molecule has 5 nitrogen and oxygen atoms in total. The molecule has 1 atom stereocenters. The zero-order chi connectivity index (χ0) is 13.8. The molecule has 0 aliphatic carbocycles. The summed E-state index contributed by atoms with van der Waals surface area (Å²) in [6.45, 7) is 3.07. The zero-order valence-corrected chi connectivity index (χ0v) is 11.3. The Kier molecular flexibility index (Phi) is 4.24. The van der Waals surface area contributed by atoms with Crippen molar-refractivity contribution in [1.29, 1.82) is 0 Å². The average molecular weight is 263 g/mol. The molecular formula is C14H21N3O2. The number of pyridine rings is 1. The number of hydrogen-bond acceptors (Lipinski definition) is 4. The number of rotatable bonds is 4. The van der Waals surface area contributed by atoms with Crippen LogP contribution in [0.15, 0.2) is 12.3 Å². The second-order valence-electron chi connectivity index (χ2n) is 5.03. The Hall–Kier alpha value is -1.78. The third-order valence-electron chi connectivity index (χ3n) is 3.72. The van der Waals surface area contributed by atoms with Gasteiger partial charge in [0.15, 0.2) is 5.82 Å². The van der Waals surface area contributed by atoms with E-state index < -0.39 is 5.97 Å². The molecule has 0 radical (unpaired) electrons. The molecule has 1 aliphatic heterocycles. The summed E-state index contributed by atoms with van der Waals surface area (Å²) in [5.74, 6) is -0.358. The first-order valence-electron chi connectivity index (χ1n) is 6.89. The number of carboxylic acids is 1. The summed E-state index contributed by atoms with van der Waals surface area (Å²) < 4.78 is 0. The molecule has 0 saturated carbocycles. The molecule has 1 aliphatic rings. The van der Waals surface area contributed by atoms with Crippen LogP contribution in [0.5, 0.6) is 0 Å². The summed E-state index contributed by atoms with van der Waals surface area (Å²) in [6.07, 6.45) is 7.20. The van der Waals surface area contributed by atoms with Crippen molar-refractivity contribution in [3.05, 3.63) is 17.8 Å². The first-order valence-corrected chi connectivity index (χ1v) is 6.89. The number of nitrogens with two attached hydrogens (primary N) is 1. The largest absolute Gasteiger partial charge is 0.478 e. The summed E-state index contributed by atoms with van der Waals surface area (Å²) >= 11 is 0. The van der Waals surface area contributed by atoms with E-state index in [9.17, 15) is 4.79 Å². The highest BCUT2D eigenvalue weighted by molar-refractivity contribution is 5.96. The van der Waals surface area contributed by atoms with E-state index in [0.717, 1.165) is 32.2 Å². The van der Waals surface area contributed by atoms with Crippen molar-refractivity contribution in [3.8, 4) is 0 Å². The lowest BCUT2D eigenvalue weighted by molar-refractivity contribution is 0.0698. The van der Waals surface area contributed by atoms with Crippen molar-refractivity contribution >= 4 is 17.5 Å². The Morgan fingerprint density at radius 3 is 3.05 bits per heavy atom. The highest BCUT2D eigenvalue weighted by Gasteiger charge is 2.25. The van der Waals surface area contributed by atoms with Gasteiger partial charge in [-0.15, -0.1) is 0 Å². The summed E-state index contributed by atoms with van der Waals surface area (Å²) in [4.78, 5) is 17.6. The van der Waals surface area contributed by atoms with E-state index in [2.05, 4.69) is 16.8 Å². The minimum atomic E-state index is -0.995. The van der Waals surface area contributed by atoms with E-state index >= 15 is 0 Å². The molecule has 5 heteroatoms. The third kappa shape index (κ3) is 2.80. The maximum atomic E-state index is 11.1. The minimum Gasteiger partial charge on any atom is -0.478 e. The number of aromatic carboxylic acids is 1. The van der Waals surface area contributed by atoms with Crippen LogP contribution in [-0.4, -0.2) is 28.6 Å². The predicted octanol–water partition coefficient (Wildman–Crippen LogP) is 2.52. The number of aromatic nitrogens is 1. The first-order chi connectivity index (χ1) is 9.15. The van der Waals surface area contributed by atoms with E-state index in [4.69, 9.17) is 10.8 Å². The Labute approximate surface area is 113 Å². The number of carboxylic acid groups (broad SMARTS) is 1. The van der Waals surface area contributed by atoms with Gasteiger partial charge in [-0.1, -0.05) is 13.3 Å². The lowest BCUT2D eigenvalue weighted by atomic mass is 9.98. The number of nitrogens with zero attached hydrogens (tertiary/aromatic N) is 2. The van der Waals surface area contributed by atoms with Gasteiger partial charge in [0.2, 0.25) is 0 Å². The highest BCUT2D eigenvalue weighted by atomic mass is 16.4. The SMILES string of the molecule is CCCC1CCCCN1c1nccc(C(=O)O)c1N. The van der Waals surface area contributed by atoms with Gasteiger partial charge in [0.1, 0.15) is 0 Å². The van der Waals surface area contributed by atoms with Crippen LogP contribution in [0.1, 0.15) is 49.4 Å². The van der Waals surface area contributed by atoms with Gasteiger partial charge in [-0.25, -0.2) is 9.78 Å². The van der Waals surface area contributed by atoms with Crippen LogP contribution >= 0.6 is 0 Å². The van der Waals surface area contributed by atoms with Crippen molar-refractivity contribution in [3.63, 3.8) is 0 Å². The zero-order valence-electron chi connectivity index (χ0n) is 11.3. The van der Waals surface area contributed by atoms with E-state index in [0.29, 0.717) is 11.9 Å². The Bertz CT molecular complexity index is 460. The lowest BCUT2D eigenvalue weighted by Crippen LogP contribution is -2.40. The van der Waals surface area contributed by atoms with Gasteiger partial charge in [0, 0.05) is 18.8 Å². The molecule has 3 N–H and O–H groups in total. The molecule has 19 heavy (non-hydrogen) atoms. The first kappa shape index (κ1) is 13.6. The van der Waals surface area contributed by atoms with Crippen LogP contribution in [0, 0.1) is 0 Å². The van der Waals surface area contributed by atoms with Crippen LogP contribution in [0.3, 0.4) is 0 Å². The lowest BCUT2D eigenvalue weighted by Gasteiger charge is -2.37. The fourth-order valence-corrected chi connectivity index (χ4v) is 2.79. The van der Waals surface area contributed by atoms with Gasteiger partial charge >= 0.3 is 5.97 Å². The van der Waals surface area contributed by atoms with E-state index in [1.54, 1.807) is 0 Å². The molecule has 0 spiro atoms.